The van der Waals surface area contributed by atoms with Crippen LogP contribution in [0.1, 0.15) is 32.6 Å². The number of nitrogens with two attached hydrogens (primary N) is 1. The smallest absolute Gasteiger partial charge is 0.233 e. The van der Waals surface area contributed by atoms with Gasteiger partial charge in [0, 0.05) is 11.3 Å². The maximum atomic E-state index is 12.2. The maximum absolute atomic E-state index is 12.2. The number of thioether (sulfide) groups is 1. The van der Waals surface area contributed by atoms with Gasteiger partial charge in [-0.25, -0.2) is 0 Å². The molecule has 0 aliphatic heterocycles. The van der Waals surface area contributed by atoms with E-state index in [-0.39, 0.29) is 5.91 Å². The van der Waals surface area contributed by atoms with Crippen molar-refractivity contribution in [2.24, 2.45) is 17.1 Å². The largest absolute Gasteiger partial charge is 0.392 e. The van der Waals surface area contributed by atoms with E-state index in [1.54, 1.807) is 0 Å². The lowest BCUT2D eigenvalue weighted by molar-refractivity contribution is -0.132. The van der Waals surface area contributed by atoms with Crippen molar-refractivity contribution >= 4 is 34.9 Å². The molecule has 2 rings (SSSR count). The van der Waals surface area contributed by atoms with Crippen molar-refractivity contribution < 1.29 is 4.79 Å². The molecule has 17 heavy (non-hydrogen) atoms. The number of nitrogens with one attached hydrogen (secondary N) is 1. The fourth-order valence-electron chi connectivity index (χ4n) is 2.63. The minimum atomic E-state index is -0.552. The molecule has 0 aromatic carbocycles. The second-order valence-electron chi connectivity index (χ2n) is 5.53. The summed E-state index contributed by atoms with van der Waals surface area (Å²) in [5, 5.41) is 3.05. The van der Waals surface area contributed by atoms with Gasteiger partial charge >= 0.3 is 0 Å². The number of amides is 1. The highest BCUT2D eigenvalue weighted by Crippen LogP contribution is 2.48. The molecule has 3 N–H and O–H groups in total. The third kappa shape index (κ3) is 2.32. The van der Waals surface area contributed by atoms with Gasteiger partial charge in [-0.15, -0.1) is 0 Å². The minimum Gasteiger partial charge on any atom is -0.392 e. The van der Waals surface area contributed by atoms with Crippen LogP contribution in [0.4, 0.5) is 0 Å². The number of carbonyl (C=O) groups is 1. The molecule has 0 heterocycles. The highest BCUT2D eigenvalue weighted by atomic mass is 32.2. The first-order valence-electron chi connectivity index (χ1n) is 6.07. The number of thiocarbonyl (C=S) groups is 1. The molecule has 0 aromatic rings. The molecule has 0 spiro atoms. The normalized spacial score (nSPS) is 33.6. The van der Waals surface area contributed by atoms with Crippen molar-refractivity contribution in [3.05, 3.63) is 0 Å². The summed E-state index contributed by atoms with van der Waals surface area (Å²) >= 11 is 6.92. The Morgan fingerprint density at radius 3 is 2.47 bits per heavy atom. The molecular formula is C12H20N2OS2. The van der Waals surface area contributed by atoms with Crippen LogP contribution in [0.5, 0.6) is 0 Å². The second kappa shape index (κ2) is 4.43. The molecule has 2 saturated carbocycles. The Kier molecular flexibility index (Phi) is 3.42. The highest BCUT2D eigenvalue weighted by molar-refractivity contribution is 8.00. The molecule has 0 saturated heterocycles. The first-order chi connectivity index (χ1) is 7.94. The van der Waals surface area contributed by atoms with Crippen molar-refractivity contribution in [3.8, 4) is 0 Å². The fraction of sp³-hybridized carbons (Fsp3) is 0.833. The summed E-state index contributed by atoms with van der Waals surface area (Å²) < 4.78 is 0.294. The molecule has 0 atom stereocenters. The molecule has 0 radical (unpaired) electrons. The molecule has 0 aromatic heterocycles. The zero-order valence-corrected chi connectivity index (χ0v) is 12.0. The van der Waals surface area contributed by atoms with Crippen LogP contribution >= 0.6 is 24.0 Å². The van der Waals surface area contributed by atoms with E-state index in [1.807, 2.05) is 11.8 Å². The Morgan fingerprint density at radius 2 is 2.12 bits per heavy atom. The molecule has 96 valence electrons. The lowest BCUT2D eigenvalue weighted by atomic mass is 9.62. The van der Waals surface area contributed by atoms with E-state index in [0.717, 1.165) is 19.4 Å². The summed E-state index contributed by atoms with van der Waals surface area (Å²) in [5.41, 5.74) is 5.20. The fourth-order valence-corrected chi connectivity index (χ4v) is 3.62. The molecular weight excluding hydrogens is 252 g/mol. The van der Waals surface area contributed by atoms with Gasteiger partial charge in [0.1, 0.15) is 0 Å². The van der Waals surface area contributed by atoms with Crippen LogP contribution in [-0.2, 0) is 4.79 Å². The molecule has 2 aliphatic carbocycles. The van der Waals surface area contributed by atoms with Crippen molar-refractivity contribution in [2.75, 3.05) is 12.8 Å². The van der Waals surface area contributed by atoms with Gasteiger partial charge in [0.25, 0.3) is 0 Å². The Balaban J connectivity index is 1.92. The van der Waals surface area contributed by atoms with E-state index < -0.39 is 5.41 Å². The van der Waals surface area contributed by atoms with Crippen LogP contribution in [0.25, 0.3) is 0 Å². The van der Waals surface area contributed by atoms with E-state index in [9.17, 15) is 4.79 Å². The Bertz CT molecular complexity index is 346. The van der Waals surface area contributed by atoms with Crippen molar-refractivity contribution in [3.63, 3.8) is 0 Å². The molecule has 3 nitrogen and oxygen atoms in total. The summed E-state index contributed by atoms with van der Waals surface area (Å²) in [7, 11) is 0. The van der Waals surface area contributed by atoms with Gasteiger partial charge < -0.3 is 11.1 Å². The van der Waals surface area contributed by atoms with E-state index >= 15 is 0 Å². The summed E-state index contributed by atoms with van der Waals surface area (Å²) in [6, 6.07) is 0. The Hall–Kier alpha value is -0.290. The van der Waals surface area contributed by atoms with E-state index in [4.69, 9.17) is 18.0 Å². The quantitative estimate of drug-likeness (QED) is 0.748. The number of rotatable bonds is 5. The average Bonchev–Trinajstić information content (AvgIpc) is 3.01. The Labute approximate surface area is 112 Å². The lowest BCUT2D eigenvalue weighted by Gasteiger charge is -2.44. The number of hydrogen-bond acceptors (Lipinski definition) is 3. The van der Waals surface area contributed by atoms with E-state index in [0.29, 0.717) is 15.7 Å². The average molecular weight is 272 g/mol. The third-order valence-electron chi connectivity index (χ3n) is 4.11. The first-order valence-corrected chi connectivity index (χ1v) is 7.71. The van der Waals surface area contributed by atoms with Gasteiger partial charge in [-0.2, -0.15) is 11.8 Å². The SMILES string of the molecule is CSC1(CNC(=O)C2(C(N)=S)CC(C)C2)CC1. The van der Waals surface area contributed by atoms with Gasteiger partial charge in [-0.3, -0.25) is 4.79 Å². The predicted molar refractivity (Wildman–Crippen MR) is 76.1 cm³/mol. The van der Waals surface area contributed by atoms with Gasteiger partial charge in [-0.05, 0) is 37.9 Å². The number of hydrogen-bond donors (Lipinski definition) is 2. The summed E-state index contributed by atoms with van der Waals surface area (Å²) in [4.78, 5) is 12.6. The molecule has 2 fully saturated rings. The molecule has 5 heteroatoms. The zero-order chi connectivity index (χ0) is 12.7. The van der Waals surface area contributed by atoms with Crippen molar-refractivity contribution in [1.82, 2.24) is 5.32 Å². The Morgan fingerprint density at radius 1 is 1.53 bits per heavy atom. The van der Waals surface area contributed by atoms with E-state index in [2.05, 4.69) is 18.5 Å². The maximum Gasteiger partial charge on any atom is 0.233 e. The van der Waals surface area contributed by atoms with Crippen LogP contribution in [0.15, 0.2) is 0 Å². The van der Waals surface area contributed by atoms with E-state index in [1.165, 1.54) is 12.8 Å². The molecule has 1 amide bonds. The summed E-state index contributed by atoms with van der Waals surface area (Å²) in [5.74, 6) is 0.598. The monoisotopic (exact) mass is 272 g/mol. The van der Waals surface area contributed by atoms with Gasteiger partial charge in [0.05, 0.1) is 10.4 Å². The first kappa shape index (κ1) is 13.1. The summed E-state index contributed by atoms with van der Waals surface area (Å²) in [6.07, 6.45) is 6.12. The van der Waals surface area contributed by atoms with Gasteiger partial charge in [0.2, 0.25) is 5.91 Å². The van der Waals surface area contributed by atoms with Crippen LogP contribution in [-0.4, -0.2) is 28.4 Å². The highest BCUT2D eigenvalue weighted by Gasteiger charge is 2.51. The van der Waals surface area contributed by atoms with Gasteiger partial charge in [-0.1, -0.05) is 19.1 Å². The molecule has 0 unspecified atom stereocenters. The van der Waals surface area contributed by atoms with Gasteiger partial charge in [0.15, 0.2) is 0 Å². The second-order valence-corrected chi connectivity index (χ2v) is 7.24. The van der Waals surface area contributed by atoms with Crippen molar-refractivity contribution in [2.45, 2.75) is 37.4 Å². The summed E-state index contributed by atoms with van der Waals surface area (Å²) in [6.45, 7) is 2.89. The standard InChI is InChI=1S/C12H20N2OS2/c1-8-5-12(6-8,9(13)16)10(15)14-7-11(17-2)3-4-11/h8H,3-7H2,1-2H3,(H2,13,16)(H,14,15). The predicted octanol–water partition coefficient (Wildman–Crippen LogP) is 1.70. The lowest BCUT2D eigenvalue weighted by Crippen LogP contribution is -2.56. The van der Waals surface area contributed by atoms with Crippen molar-refractivity contribution in [1.29, 1.82) is 0 Å². The minimum absolute atomic E-state index is 0.0448. The van der Waals surface area contributed by atoms with Crippen LogP contribution in [0.3, 0.4) is 0 Å². The molecule has 0 bridgehead atoms. The van der Waals surface area contributed by atoms with Crippen LogP contribution in [0.2, 0.25) is 0 Å². The number of carbonyl (C=O) groups excluding carboxylic acids is 1. The van der Waals surface area contributed by atoms with Crippen LogP contribution < -0.4 is 11.1 Å². The molecule has 2 aliphatic rings. The third-order valence-corrected chi connectivity index (χ3v) is 5.92. The topological polar surface area (TPSA) is 55.1 Å². The van der Waals surface area contributed by atoms with Crippen LogP contribution in [0, 0.1) is 11.3 Å². The zero-order valence-electron chi connectivity index (χ0n) is 10.4.